The third kappa shape index (κ3) is 2.74. The van der Waals surface area contributed by atoms with Crippen molar-refractivity contribution in [3.05, 3.63) is 70.3 Å². The quantitative estimate of drug-likeness (QED) is 0.851. The second-order valence-electron chi connectivity index (χ2n) is 5.03. The highest BCUT2D eigenvalue weighted by atomic mass is 16.1. The molecule has 19 heavy (non-hydrogen) atoms. The zero-order valence-corrected chi connectivity index (χ0v) is 11.6. The van der Waals surface area contributed by atoms with E-state index in [9.17, 15) is 4.79 Å². The highest BCUT2D eigenvalue weighted by molar-refractivity contribution is 6.02. The second kappa shape index (κ2) is 5.37. The number of hydrogen-bond acceptors (Lipinski definition) is 2. The van der Waals surface area contributed by atoms with Gasteiger partial charge in [0.05, 0.1) is 6.04 Å². The summed E-state index contributed by atoms with van der Waals surface area (Å²) in [6.45, 7) is 5.96. The Kier molecular flexibility index (Phi) is 3.82. The fourth-order valence-electron chi connectivity index (χ4n) is 2.54. The van der Waals surface area contributed by atoms with Gasteiger partial charge in [-0.25, -0.2) is 0 Å². The van der Waals surface area contributed by atoms with Crippen LogP contribution in [-0.4, -0.2) is 5.78 Å². The molecule has 0 saturated carbocycles. The minimum Gasteiger partial charge on any atom is -0.318 e. The summed E-state index contributed by atoms with van der Waals surface area (Å²) in [5.74, 6) is -0.0128. The molecule has 1 atom stereocenters. The van der Waals surface area contributed by atoms with Crippen molar-refractivity contribution in [3.63, 3.8) is 0 Å². The summed E-state index contributed by atoms with van der Waals surface area (Å²) in [4.78, 5) is 12.6. The summed E-state index contributed by atoms with van der Waals surface area (Å²) in [5, 5.41) is 0. The van der Waals surface area contributed by atoms with Crippen molar-refractivity contribution in [1.29, 1.82) is 0 Å². The van der Waals surface area contributed by atoms with E-state index in [1.807, 2.05) is 63.2 Å². The van der Waals surface area contributed by atoms with E-state index in [1.54, 1.807) is 0 Å². The molecule has 0 heterocycles. The van der Waals surface area contributed by atoms with Gasteiger partial charge in [-0.1, -0.05) is 48.0 Å². The van der Waals surface area contributed by atoms with E-state index in [0.29, 0.717) is 0 Å². The van der Waals surface area contributed by atoms with Crippen LogP contribution < -0.4 is 5.73 Å². The first kappa shape index (κ1) is 13.5. The molecule has 1 unspecified atom stereocenters. The molecule has 0 spiro atoms. The number of benzene rings is 2. The summed E-state index contributed by atoms with van der Waals surface area (Å²) in [7, 11) is 0. The van der Waals surface area contributed by atoms with Gasteiger partial charge >= 0.3 is 0 Å². The van der Waals surface area contributed by atoms with Crippen LogP contribution in [0.5, 0.6) is 0 Å². The largest absolute Gasteiger partial charge is 0.318 e. The number of hydrogen-bond donors (Lipinski definition) is 1. The molecule has 98 valence electrons. The number of carbonyl (C=O) groups excluding carboxylic acids is 1. The third-order valence-electron chi connectivity index (χ3n) is 3.36. The van der Waals surface area contributed by atoms with Crippen molar-refractivity contribution < 1.29 is 4.79 Å². The number of ketones is 1. The van der Waals surface area contributed by atoms with Gasteiger partial charge in [0.15, 0.2) is 5.78 Å². The summed E-state index contributed by atoms with van der Waals surface area (Å²) >= 11 is 0. The molecule has 0 aliphatic heterocycles. The summed E-state index contributed by atoms with van der Waals surface area (Å²) in [5.41, 5.74) is 10.9. The zero-order valence-electron chi connectivity index (χ0n) is 11.6. The highest BCUT2D eigenvalue weighted by Gasteiger charge is 2.21. The van der Waals surface area contributed by atoms with Gasteiger partial charge in [-0.05, 0) is 37.5 Å². The van der Waals surface area contributed by atoms with E-state index in [-0.39, 0.29) is 5.78 Å². The monoisotopic (exact) mass is 253 g/mol. The Morgan fingerprint density at radius 2 is 1.53 bits per heavy atom. The van der Waals surface area contributed by atoms with Gasteiger partial charge in [0.25, 0.3) is 0 Å². The Morgan fingerprint density at radius 1 is 1.00 bits per heavy atom. The van der Waals surface area contributed by atoms with Crippen LogP contribution in [0.3, 0.4) is 0 Å². The van der Waals surface area contributed by atoms with E-state index in [2.05, 4.69) is 0 Å². The third-order valence-corrected chi connectivity index (χ3v) is 3.36. The maximum atomic E-state index is 12.6. The van der Waals surface area contributed by atoms with Crippen molar-refractivity contribution in [2.24, 2.45) is 5.73 Å². The molecule has 0 bridgehead atoms. The molecular weight excluding hydrogens is 234 g/mol. The maximum absolute atomic E-state index is 12.6. The normalized spacial score (nSPS) is 12.2. The molecule has 2 rings (SSSR count). The summed E-state index contributed by atoms with van der Waals surface area (Å²) in [6.07, 6.45) is 0. The molecule has 2 nitrogen and oxygen atoms in total. The van der Waals surface area contributed by atoms with Gasteiger partial charge < -0.3 is 5.73 Å². The van der Waals surface area contributed by atoms with E-state index in [1.165, 1.54) is 5.56 Å². The fourth-order valence-corrected chi connectivity index (χ4v) is 2.54. The Morgan fingerprint density at radius 3 is 2.05 bits per heavy atom. The average Bonchev–Trinajstić information content (AvgIpc) is 2.37. The Balaban J connectivity index is 2.40. The number of rotatable bonds is 3. The van der Waals surface area contributed by atoms with E-state index in [0.717, 1.165) is 22.3 Å². The molecule has 2 heteroatoms. The summed E-state index contributed by atoms with van der Waals surface area (Å²) in [6, 6.07) is 13.0. The predicted octanol–water partition coefficient (Wildman–Crippen LogP) is 3.49. The maximum Gasteiger partial charge on any atom is 0.184 e. The second-order valence-corrected chi connectivity index (χ2v) is 5.03. The average molecular weight is 253 g/mol. The van der Waals surface area contributed by atoms with Crippen LogP contribution in [0.2, 0.25) is 0 Å². The van der Waals surface area contributed by atoms with Crippen LogP contribution in [0.4, 0.5) is 0 Å². The molecule has 0 radical (unpaired) electrons. The Bertz CT molecular complexity index is 579. The smallest absolute Gasteiger partial charge is 0.184 e. The number of Topliss-reactive ketones (excluding diaryl/α,β-unsaturated/α-hetero) is 1. The van der Waals surface area contributed by atoms with Gasteiger partial charge in [0, 0.05) is 5.56 Å². The lowest BCUT2D eigenvalue weighted by Gasteiger charge is -2.15. The van der Waals surface area contributed by atoms with Crippen LogP contribution in [0.15, 0.2) is 42.5 Å². The molecule has 0 fully saturated rings. The zero-order chi connectivity index (χ0) is 14.0. The first-order chi connectivity index (χ1) is 9.00. The summed E-state index contributed by atoms with van der Waals surface area (Å²) < 4.78 is 0. The van der Waals surface area contributed by atoms with Gasteiger partial charge in [-0.3, -0.25) is 4.79 Å². The molecule has 2 N–H and O–H groups in total. The van der Waals surface area contributed by atoms with Crippen molar-refractivity contribution >= 4 is 5.78 Å². The predicted molar refractivity (Wildman–Crippen MR) is 78.4 cm³/mol. The minimum atomic E-state index is -0.596. The van der Waals surface area contributed by atoms with Gasteiger partial charge in [0.1, 0.15) is 0 Å². The first-order valence-corrected chi connectivity index (χ1v) is 6.43. The molecule has 0 aliphatic carbocycles. The SMILES string of the molecule is Cc1cc(C)c(C(=O)C(N)c2ccccc2)c(C)c1. The van der Waals surface area contributed by atoms with Crippen LogP contribution >= 0.6 is 0 Å². The molecule has 0 saturated heterocycles. The van der Waals surface area contributed by atoms with Crippen LogP contribution in [0, 0.1) is 20.8 Å². The topological polar surface area (TPSA) is 43.1 Å². The van der Waals surface area contributed by atoms with Gasteiger partial charge in [-0.15, -0.1) is 0 Å². The number of nitrogens with two attached hydrogens (primary N) is 1. The van der Waals surface area contributed by atoms with E-state index < -0.39 is 6.04 Å². The standard InChI is InChI=1S/C17H19NO/c1-11-9-12(2)15(13(3)10-11)17(19)16(18)14-7-5-4-6-8-14/h4-10,16H,18H2,1-3H3. The lowest BCUT2D eigenvalue weighted by molar-refractivity contribution is 0.0960. The lowest BCUT2D eigenvalue weighted by atomic mass is 9.91. The van der Waals surface area contributed by atoms with Crippen molar-refractivity contribution in [3.8, 4) is 0 Å². The van der Waals surface area contributed by atoms with Crippen molar-refractivity contribution in [2.45, 2.75) is 26.8 Å². The molecule has 0 amide bonds. The van der Waals surface area contributed by atoms with Gasteiger partial charge in [0.2, 0.25) is 0 Å². The lowest BCUT2D eigenvalue weighted by Crippen LogP contribution is -2.23. The van der Waals surface area contributed by atoms with Crippen molar-refractivity contribution in [1.82, 2.24) is 0 Å². The number of aryl methyl sites for hydroxylation is 3. The first-order valence-electron chi connectivity index (χ1n) is 6.43. The van der Waals surface area contributed by atoms with Crippen LogP contribution in [0.1, 0.15) is 38.7 Å². The fraction of sp³-hybridized carbons (Fsp3) is 0.235. The van der Waals surface area contributed by atoms with Crippen LogP contribution in [-0.2, 0) is 0 Å². The molecule has 0 aliphatic rings. The minimum absolute atomic E-state index is 0.0128. The van der Waals surface area contributed by atoms with Gasteiger partial charge in [-0.2, -0.15) is 0 Å². The van der Waals surface area contributed by atoms with Crippen LogP contribution in [0.25, 0.3) is 0 Å². The molecule has 2 aromatic rings. The van der Waals surface area contributed by atoms with E-state index in [4.69, 9.17) is 5.73 Å². The highest BCUT2D eigenvalue weighted by Crippen LogP contribution is 2.22. The molecule has 2 aromatic carbocycles. The van der Waals surface area contributed by atoms with E-state index >= 15 is 0 Å². The molecule has 0 aromatic heterocycles. The van der Waals surface area contributed by atoms with Crippen molar-refractivity contribution in [2.75, 3.05) is 0 Å². The molecular formula is C17H19NO. The Hall–Kier alpha value is -1.93. The number of carbonyl (C=O) groups is 1. The Labute approximate surface area is 114 Å².